The molecule has 2 rings (SSSR count). The lowest BCUT2D eigenvalue weighted by molar-refractivity contribution is 0.102. The van der Waals surface area contributed by atoms with Crippen LogP contribution >= 0.6 is 0 Å². The van der Waals surface area contributed by atoms with Crippen molar-refractivity contribution >= 4 is 38.1 Å². The molecule has 0 aromatic heterocycles. The number of hydrogen-bond donors (Lipinski definition) is 1. The number of nitrogens with zero attached hydrogens (tertiary/aromatic N) is 1. The molecule has 0 aliphatic carbocycles. The van der Waals surface area contributed by atoms with Crippen molar-refractivity contribution in [3.8, 4) is 0 Å². The van der Waals surface area contributed by atoms with Crippen LogP contribution in [-0.4, -0.2) is 37.6 Å². The van der Waals surface area contributed by atoms with Crippen LogP contribution in [0.25, 0.3) is 0 Å². The molecule has 0 heterocycles. The largest absolute Gasteiger partial charge is 0.322 e. The Balaban J connectivity index is 2.03. The van der Waals surface area contributed by atoms with Crippen molar-refractivity contribution in [2.45, 2.75) is 43.9 Å². The van der Waals surface area contributed by atoms with Crippen LogP contribution in [-0.2, 0) is 20.8 Å². The first-order valence-corrected chi connectivity index (χ1v) is 13.2. The summed E-state index contributed by atoms with van der Waals surface area (Å²) in [7, 11) is -3.13. The average Bonchev–Trinajstić information content (AvgIpc) is 2.72. The van der Waals surface area contributed by atoms with Crippen molar-refractivity contribution in [3.63, 3.8) is 0 Å². The zero-order valence-electron chi connectivity index (χ0n) is 17.8. The molecular weight excluding hydrogens is 420 g/mol. The molecule has 8 heteroatoms. The minimum atomic E-state index is -3.49. The highest BCUT2D eigenvalue weighted by atomic mass is 32.2. The highest BCUT2D eigenvalue weighted by Gasteiger charge is 2.19. The zero-order chi connectivity index (χ0) is 22.1. The molecule has 1 amide bonds. The van der Waals surface area contributed by atoms with Gasteiger partial charge in [-0.1, -0.05) is 44.7 Å². The van der Waals surface area contributed by atoms with Crippen molar-refractivity contribution in [1.82, 2.24) is 0 Å². The fourth-order valence-electron chi connectivity index (χ4n) is 2.96. The van der Waals surface area contributed by atoms with Gasteiger partial charge in [-0.25, -0.2) is 8.42 Å². The van der Waals surface area contributed by atoms with E-state index in [1.165, 1.54) is 26.3 Å². The minimum Gasteiger partial charge on any atom is -0.322 e. The summed E-state index contributed by atoms with van der Waals surface area (Å²) in [5.41, 5.74) is 1.11. The van der Waals surface area contributed by atoms with Crippen LogP contribution < -0.4 is 9.62 Å². The lowest BCUT2D eigenvalue weighted by atomic mass is 10.1. The van der Waals surface area contributed by atoms with Gasteiger partial charge in [0.15, 0.2) is 0 Å². The van der Waals surface area contributed by atoms with Crippen molar-refractivity contribution in [2.75, 3.05) is 28.7 Å². The Morgan fingerprint density at radius 1 is 1.00 bits per heavy atom. The first-order valence-electron chi connectivity index (χ1n) is 10.1. The van der Waals surface area contributed by atoms with E-state index >= 15 is 0 Å². The van der Waals surface area contributed by atoms with Crippen LogP contribution in [0.3, 0.4) is 0 Å². The number of amides is 1. The molecule has 2 aromatic carbocycles. The van der Waals surface area contributed by atoms with Gasteiger partial charge in [0.2, 0.25) is 10.0 Å². The lowest BCUT2D eigenvalue weighted by Crippen LogP contribution is -2.27. The van der Waals surface area contributed by atoms with Crippen LogP contribution in [0.15, 0.2) is 53.4 Å². The molecule has 0 aliphatic heterocycles. The van der Waals surface area contributed by atoms with Gasteiger partial charge in [0.05, 0.1) is 28.3 Å². The number of rotatable bonds is 11. The monoisotopic (exact) mass is 450 g/mol. The van der Waals surface area contributed by atoms with Crippen molar-refractivity contribution in [1.29, 1.82) is 0 Å². The molecule has 0 saturated heterocycles. The molecule has 2 aromatic rings. The Hall–Kier alpha value is -2.19. The topological polar surface area (TPSA) is 83.6 Å². The van der Waals surface area contributed by atoms with Crippen molar-refractivity contribution in [2.24, 2.45) is 0 Å². The number of hydrogen-bond acceptors (Lipinski definition) is 4. The minimum absolute atomic E-state index is 0.255. The maximum absolute atomic E-state index is 12.7. The van der Waals surface area contributed by atoms with Crippen LogP contribution in [0.1, 0.15) is 49.4 Å². The Kier molecular flexibility index (Phi) is 9.05. The van der Waals surface area contributed by atoms with Gasteiger partial charge in [0.1, 0.15) is 0 Å². The van der Waals surface area contributed by atoms with Gasteiger partial charge >= 0.3 is 0 Å². The molecule has 30 heavy (non-hydrogen) atoms. The van der Waals surface area contributed by atoms with E-state index in [0.29, 0.717) is 17.1 Å². The molecule has 0 bridgehead atoms. The number of benzene rings is 2. The van der Waals surface area contributed by atoms with E-state index in [-0.39, 0.29) is 5.56 Å². The fourth-order valence-corrected chi connectivity index (χ4v) is 4.62. The second-order valence-electron chi connectivity index (χ2n) is 7.19. The lowest BCUT2D eigenvalue weighted by Gasteiger charge is -2.19. The standard InChI is InChI=1S/C22H30N2O4S2/c1-4-5-6-7-10-17-29(26)19-15-13-18(14-16-19)23-22(25)20-11-8-9-12-21(20)24(2)30(3,27)28/h8-9,11-16H,4-7,10,17H2,1-3H3,(H,23,25). The van der Waals surface area contributed by atoms with Gasteiger partial charge in [-0.15, -0.1) is 0 Å². The summed E-state index contributed by atoms with van der Waals surface area (Å²) in [4.78, 5) is 13.5. The quantitative estimate of drug-likeness (QED) is 0.514. The van der Waals surface area contributed by atoms with Crippen molar-refractivity contribution in [3.05, 3.63) is 54.1 Å². The number of nitrogens with one attached hydrogen (secondary N) is 1. The summed E-state index contributed by atoms with van der Waals surface area (Å²) in [6.45, 7) is 2.17. The van der Waals surface area contributed by atoms with Crippen molar-refractivity contribution < 1.29 is 17.4 Å². The third kappa shape index (κ3) is 6.95. The first kappa shape index (κ1) is 24.1. The molecule has 0 aliphatic rings. The van der Waals surface area contributed by atoms with E-state index in [1.54, 1.807) is 48.5 Å². The Morgan fingerprint density at radius 3 is 2.27 bits per heavy atom. The van der Waals surface area contributed by atoms with Gasteiger partial charge in [-0.05, 0) is 42.8 Å². The number of carbonyl (C=O) groups excluding carboxylic acids is 1. The first-order chi connectivity index (χ1) is 14.2. The number of anilines is 2. The SMILES string of the molecule is CCCCCCCS(=O)c1ccc(NC(=O)c2ccccc2N(C)S(C)(=O)=O)cc1. The summed E-state index contributed by atoms with van der Waals surface area (Å²) >= 11 is 0. The molecule has 1 N–H and O–H groups in total. The van der Waals surface area contributed by atoms with Gasteiger partial charge in [-0.2, -0.15) is 0 Å². The highest BCUT2D eigenvalue weighted by Crippen LogP contribution is 2.23. The third-order valence-corrected chi connectivity index (χ3v) is 7.44. The second-order valence-corrected chi connectivity index (χ2v) is 10.8. The fraction of sp³-hybridized carbons (Fsp3) is 0.409. The van der Waals surface area contributed by atoms with E-state index in [2.05, 4.69) is 12.2 Å². The van der Waals surface area contributed by atoms with E-state index in [0.717, 1.165) is 28.3 Å². The molecule has 0 saturated carbocycles. The summed E-state index contributed by atoms with van der Waals surface area (Å²) in [6.07, 6.45) is 6.69. The smallest absolute Gasteiger partial charge is 0.257 e. The predicted molar refractivity (Wildman–Crippen MR) is 124 cm³/mol. The zero-order valence-corrected chi connectivity index (χ0v) is 19.4. The third-order valence-electron chi connectivity index (χ3n) is 4.79. The summed E-state index contributed by atoms with van der Waals surface area (Å²) < 4.78 is 37.2. The van der Waals surface area contributed by atoms with Gasteiger partial charge in [0, 0.05) is 23.4 Å². The number of carbonyl (C=O) groups is 1. The van der Waals surface area contributed by atoms with Gasteiger partial charge < -0.3 is 5.32 Å². The predicted octanol–water partition coefficient (Wildman–Crippen LogP) is 4.41. The van der Waals surface area contributed by atoms with Crippen LogP contribution in [0.4, 0.5) is 11.4 Å². The molecule has 164 valence electrons. The van der Waals surface area contributed by atoms with Gasteiger partial charge in [0.25, 0.3) is 5.91 Å². The molecule has 0 radical (unpaired) electrons. The normalized spacial score (nSPS) is 12.4. The Labute approximate surface area is 182 Å². The number of sulfonamides is 1. The Morgan fingerprint density at radius 2 is 1.63 bits per heavy atom. The highest BCUT2D eigenvalue weighted by molar-refractivity contribution is 7.92. The van der Waals surface area contributed by atoms with Crippen LogP contribution in [0.5, 0.6) is 0 Å². The van der Waals surface area contributed by atoms with E-state index < -0.39 is 26.7 Å². The maximum atomic E-state index is 12.7. The number of unbranched alkanes of at least 4 members (excludes halogenated alkanes) is 4. The summed E-state index contributed by atoms with van der Waals surface area (Å²) in [5, 5.41) is 2.78. The van der Waals surface area contributed by atoms with Gasteiger partial charge in [-0.3, -0.25) is 13.3 Å². The second kappa shape index (κ2) is 11.3. The number of para-hydroxylation sites is 1. The Bertz CT molecular complexity index is 973. The van der Waals surface area contributed by atoms with Crippen LogP contribution in [0, 0.1) is 0 Å². The summed E-state index contributed by atoms with van der Waals surface area (Å²) in [6, 6.07) is 13.5. The van der Waals surface area contributed by atoms with E-state index in [4.69, 9.17) is 0 Å². The molecular formula is C22H30N2O4S2. The van der Waals surface area contributed by atoms with Crippen LogP contribution in [0.2, 0.25) is 0 Å². The summed E-state index contributed by atoms with van der Waals surface area (Å²) in [5.74, 6) is 0.228. The molecule has 6 nitrogen and oxygen atoms in total. The molecule has 0 spiro atoms. The molecule has 1 atom stereocenters. The average molecular weight is 451 g/mol. The molecule has 0 fully saturated rings. The maximum Gasteiger partial charge on any atom is 0.257 e. The van der Waals surface area contributed by atoms with E-state index in [9.17, 15) is 17.4 Å². The molecule has 1 unspecified atom stereocenters. The van der Waals surface area contributed by atoms with E-state index in [1.807, 2.05) is 0 Å².